The molecule has 0 aliphatic heterocycles. The first kappa shape index (κ1) is 31.7. The van der Waals surface area contributed by atoms with Gasteiger partial charge in [0.1, 0.15) is 17.6 Å². The summed E-state index contributed by atoms with van der Waals surface area (Å²) in [5.41, 5.74) is 8.73. The van der Waals surface area contributed by atoms with Crippen molar-refractivity contribution in [1.82, 2.24) is 10.0 Å². The van der Waals surface area contributed by atoms with Crippen LogP contribution in [-0.4, -0.2) is 52.4 Å². The number of benzene rings is 3. The normalized spacial score (nSPS) is 11.5. The van der Waals surface area contributed by atoms with Crippen molar-refractivity contribution in [2.75, 3.05) is 20.3 Å². The van der Waals surface area contributed by atoms with Crippen LogP contribution in [0.3, 0.4) is 0 Å². The van der Waals surface area contributed by atoms with Gasteiger partial charge in [0.05, 0.1) is 25.0 Å². The molecule has 39 heavy (non-hydrogen) atoms. The van der Waals surface area contributed by atoms with Gasteiger partial charge in [-0.25, -0.2) is 8.42 Å². The number of methoxy groups -OCH3 is 1. The zero-order chi connectivity index (χ0) is 27.7. The molecule has 3 aromatic carbocycles. The fraction of sp³-hybridized carbons (Fsp3) is 0.222. The van der Waals surface area contributed by atoms with E-state index in [-0.39, 0.29) is 60.2 Å². The third-order valence-electron chi connectivity index (χ3n) is 5.59. The van der Waals surface area contributed by atoms with Crippen LogP contribution in [0.1, 0.15) is 18.1 Å². The fourth-order valence-electron chi connectivity index (χ4n) is 3.55. The molecule has 0 bridgehead atoms. The summed E-state index contributed by atoms with van der Waals surface area (Å²) in [4.78, 5) is 24.9. The Morgan fingerprint density at radius 1 is 0.949 bits per heavy atom. The minimum atomic E-state index is -4.07. The summed E-state index contributed by atoms with van der Waals surface area (Å²) in [5.74, 6) is -0.708. The maximum atomic E-state index is 12.8. The first-order valence-corrected chi connectivity index (χ1v) is 13.2. The van der Waals surface area contributed by atoms with E-state index in [1.807, 2.05) is 36.4 Å². The third-order valence-corrected chi connectivity index (χ3v) is 7.08. The number of hydrogen-bond donors (Lipinski definition) is 4. The molecule has 1 atom stereocenters. The zero-order valence-electron chi connectivity index (χ0n) is 21.5. The van der Waals surface area contributed by atoms with Crippen molar-refractivity contribution < 1.29 is 27.5 Å². The molecule has 12 heteroatoms. The molecule has 0 aliphatic carbocycles. The maximum Gasteiger partial charge on any atom is 0.326 e. The molecule has 0 fully saturated rings. The Kier molecular flexibility index (Phi) is 11.9. The Morgan fingerprint density at radius 2 is 1.51 bits per heavy atom. The average molecular weight is 667 g/mol. The van der Waals surface area contributed by atoms with Crippen LogP contribution in [-0.2, 0) is 30.8 Å². The number of sulfonamides is 1. The van der Waals surface area contributed by atoms with Crippen LogP contribution in [0.2, 0.25) is 0 Å². The van der Waals surface area contributed by atoms with E-state index >= 15 is 0 Å². The number of nitrogens with one attached hydrogen (secondary N) is 3. The predicted octanol–water partition coefficient (Wildman–Crippen LogP) is 2.83. The second kappa shape index (κ2) is 14.6. The van der Waals surface area contributed by atoms with Crippen molar-refractivity contribution in [1.29, 1.82) is 5.41 Å². The number of hydrogen-bond acceptors (Lipinski definition) is 7. The summed E-state index contributed by atoms with van der Waals surface area (Å²) in [6.07, 6.45) is 0.0321. The van der Waals surface area contributed by atoms with Gasteiger partial charge in [0.15, 0.2) is 0 Å². The minimum absolute atomic E-state index is 0. The van der Waals surface area contributed by atoms with Gasteiger partial charge < -0.3 is 20.5 Å². The first-order chi connectivity index (χ1) is 18.1. The molecule has 3 rings (SSSR count). The third kappa shape index (κ3) is 9.04. The highest BCUT2D eigenvalue weighted by molar-refractivity contribution is 14.0. The van der Waals surface area contributed by atoms with Crippen LogP contribution in [0.4, 0.5) is 0 Å². The van der Waals surface area contributed by atoms with Crippen molar-refractivity contribution >= 4 is 51.7 Å². The molecule has 0 unspecified atom stereocenters. The molecule has 0 radical (unpaired) electrons. The van der Waals surface area contributed by atoms with E-state index in [9.17, 15) is 18.0 Å². The lowest BCUT2D eigenvalue weighted by Crippen LogP contribution is -2.49. The van der Waals surface area contributed by atoms with Crippen LogP contribution >= 0.6 is 24.0 Å². The first-order valence-electron chi connectivity index (χ1n) is 11.8. The van der Waals surface area contributed by atoms with Gasteiger partial charge >= 0.3 is 5.97 Å². The van der Waals surface area contributed by atoms with Crippen molar-refractivity contribution in [3.05, 3.63) is 83.9 Å². The van der Waals surface area contributed by atoms with Crippen LogP contribution < -0.4 is 20.5 Å². The number of ether oxygens (including phenoxy) is 2. The van der Waals surface area contributed by atoms with Crippen molar-refractivity contribution in [2.24, 2.45) is 5.73 Å². The highest BCUT2D eigenvalue weighted by Crippen LogP contribution is 2.21. The summed E-state index contributed by atoms with van der Waals surface area (Å²) in [6.45, 7) is 1.37. The second-order valence-corrected chi connectivity index (χ2v) is 9.98. The highest BCUT2D eigenvalue weighted by Gasteiger charge is 2.27. The monoisotopic (exact) mass is 666 g/mol. The predicted molar refractivity (Wildman–Crippen MR) is 159 cm³/mol. The van der Waals surface area contributed by atoms with Gasteiger partial charge in [-0.3, -0.25) is 15.0 Å². The van der Waals surface area contributed by atoms with E-state index in [0.29, 0.717) is 11.3 Å². The molecule has 5 N–H and O–H groups in total. The lowest BCUT2D eigenvalue weighted by Gasteiger charge is -2.18. The molecule has 1 amide bonds. The van der Waals surface area contributed by atoms with Gasteiger partial charge in [-0.15, -0.1) is 24.0 Å². The van der Waals surface area contributed by atoms with Gasteiger partial charge in [-0.05, 0) is 47.9 Å². The second-order valence-electron chi connectivity index (χ2n) is 8.27. The Bertz CT molecular complexity index is 1380. The van der Waals surface area contributed by atoms with Gasteiger partial charge in [0.2, 0.25) is 15.9 Å². The molecule has 0 aromatic heterocycles. The largest absolute Gasteiger partial charge is 0.497 e. The van der Waals surface area contributed by atoms with E-state index in [1.165, 1.54) is 31.4 Å². The molecule has 10 nitrogen and oxygen atoms in total. The summed E-state index contributed by atoms with van der Waals surface area (Å²) >= 11 is 0. The number of nitrogen functional groups attached to an aromatic ring is 1. The lowest BCUT2D eigenvalue weighted by molar-refractivity contribution is -0.145. The van der Waals surface area contributed by atoms with Crippen molar-refractivity contribution in [3.63, 3.8) is 0 Å². The number of rotatable bonds is 12. The topological polar surface area (TPSA) is 161 Å². The highest BCUT2D eigenvalue weighted by atomic mass is 127. The maximum absolute atomic E-state index is 12.8. The molecular weight excluding hydrogens is 635 g/mol. The summed E-state index contributed by atoms with van der Waals surface area (Å²) < 4.78 is 37.9. The summed E-state index contributed by atoms with van der Waals surface area (Å²) in [5, 5.41) is 10.1. The van der Waals surface area contributed by atoms with E-state index in [1.54, 1.807) is 19.1 Å². The summed E-state index contributed by atoms with van der Waals surface area (Å²) in [7, 11) is -2.61. The number of carbonyl (C=O) groups is 2. The van der Waals surface area contributed by atoms with Crippen LogP contribution in [0.5, 0.6) is 5.75 Å². The van der Waals surface area contributed by atoms with Gasteiger partial charge in [-0.2, -0.15) is 4.72 Å². The average Bonchev–Trinajstić information content (AvgIpc) is 2.91. The number of amidine groups is 1. The molecule has 3 aromatic rings. The number of amides is 1. The van der Waals surface area contributed by atoms with Gasteiger partial charge in [0.25, 0.3) is 0 Å². The van der Waals surface area contributed by atoms with Gasteiger partial charge in [-0.1, -0.05) is 48.5 Å². The lowest BCUT2D eigenvalue weighted by atomic mass is 10.0. The van der Waals surface area contributed by atoms with E-state index in [2.05, 4.69) is 10.0 Å². The Morgan fingerprint density at radius 3 is 2.03 bits per heavy atom. The van der Waals surface area contributed by atoms with E-state index in [4.69, 9.17) is 20.6 Å². The standard InChI is InChI=1S/C27H30N4O6S.HI/c1-3-37-27(33)24(31-38(34,35)23-14-12-22(36-2)13-15-23)17-30-25(32)16-18-4-6-19(7-5-18)20-8-10-21(11-9-20)26(28)29;/h4-15,24,31H,3,16-17H2,1-2H3,(H3,28,29)(H,30,32);1H/t24-;/m0./s1. The number of nitrogens with two attached hydrogens (primary N) is 1. The number of carbonyl (C=O) groups excluding carboxylic acids is 2. The Hall–Kier alpha value is -3.49. The fourth-order valence-corrected chi connectivity index (χ4v) is 4.73. The summed E-state index contributed by atoms with van der Waals surface area (Å²) in [6, 6.07) is 19.0. The molecule has 208 valence electrons. The van der Waals surface area contributed by atoms with Gasteiger partial charge in [0, 0.05) is 12.1 Å². The molecule has 0 aliphatic rings. The van der Waals surface area contributed by atoms with Crippen molar-refractivity contribution in [2.45, 2.75) is 24.3 Å². The zero-order valence-corrected chi connectivity index (χ0v) is 24.6. The number of esters is 1. The Balaban J connectivity index is 0.00000533. The smallest absolute Gasteiger partial charge is 0.326 e. The van der Waals surface area contributed by atoms with Crippen LogP contribution in [0.25, 0.3) is 11.1 Å². The Labute approximate surface area is 244 Å². The molecular formula is C27H31IN4O6S. The van der Waals surface area contributed by atoms with E-state index in [0.717, 1.165) is 16.7 Å². The SMILES string of the molecule is CCOC(=O)[C@H](CNC(=O)Cc1ccc(-c2ccc(C(=N)N)cc2)cc1)NS(=O)(=O)c1ccc(OC)cc1.I. The number of halogens is 1. The molecule has 0 saturated carbocycles. The van der Waals surface area contributed by atoms with Crippen molar-refractivity contribution in [3.8, 4) is 16.9 Å². The van der Waals surface area contributed by atoms with E-state index < -0.39 is 22.0 Å². The molecule has 0 spiro atoms. The van der Waals surface area contributed by atoms with Crippen LogP contribution in [0.15, 0.2) is 77.7 Å². The minimum Gasteiger partial charge on any atom is -0.497 e. The molecule has 0 saturated heterocycles. The van der Waals surface area contributed by atoms with Crippen LogP contribution in [0, 0.1) is 5.41 Å². The molecule has 0 heterocycles. The quantitative estimate of drug-likeness (QED) is 0.100.